The smallest absolute Gasteiger partial charge is 0.327 e. The Morgan fingerprint density at radius 2 is 1.90 bits per heavy atom. The third kappa shape index (κ3) is 4.17. The van der Waals surface area contributed by atoms with E-state index in [9.17, 15) is 19.2 Å². The number of esters is 1. The molecule has 1 aliphatic carbocycles. The highest BCUT2D eigenvalue weighted by Gasteiger charge is 2.56. The fourth-order valence-corrected chi connectivity index (χ4v) is 3.37. The zero-order valence-electron chi connectivity index (χ0n) is 17.3. The van der Waals surface area contributed by atoms with Gasteiger partial charge in [0.05, 0.1) is 14.2 Å². The van der Waals surface area contributed by atoms with Crippen molar-refractivity contribution in [2.45, 2.75) is 38.3 Å². The van der Waals surface area contributed by atoms with Gasteiger partial charge >= 0.3 is 12.0 Å². The summed E-state index contributed by atoms with van der Waals surface area (Å²) < 4.78 is 15.4. The Balaban J connectivity index is 1.56. The first-order valence-electron chi connectivity index (χ1n) is 9.56. The molecule has 0 bridgehead atoms. The number of imide groups is 1. The van der Waals surface area contributed by atoms with E-state index < -0.39 is 42.0 Å². The van der Waals surface area contributed by atoms with Crippen LogP contribution in [0.15, 0.2) is 18.2 Å². The van der Waals surface area contributed by atoms with Crippen LogP contribution in [0.4, 0.5) is 10.5 Å². The number of ether oxygens (including phenoxy) is 3. The van der Waals surface area contributed by atoms with Gasteiger partial charge in [-0.05, 0) is 44.7 Å². The second kappa shape index (κ2) is 8.21. The molecule has 162 valence electrons. The molecule has 0 spiro atoms. The predicted octanol–water partition coefficient (Wildman–Crippen LogP) is 1.29. The molecule has 2 N–H and O–H groups in total. The molecule has 1 saturated carbocycles. The Hall–Kier alpha value is -3.30. The van der Waals surface area contributed by atoms with E-state index in [4.69, 9.17) is 14.2 Å². The number of carbonyl (C=O) groups excluding carboxylic acids is 4. The Morgan fingerprint density at radius 1 is 1.23 bits per heavy atom. The summed E-state index contributed by atoms with van der Waals surface area (Å²) in [5.74, 6) is -0.862. The molecule has 2 aliphatic rings. The summed E-state index contributed by atoms with van der Waals surface area (Å²) >= 11 is 0. The molecule has 10 heteroatoms. The molecule has 30 heavy (non-hydrogen) atoms. The summed E-state index contributed by atoms with van der Waals surface area (Å²) in [6.45, 7) is 2.50. The normalized spacial score (nSPS) is 21.7. The first-order valence-corrected chi connectivity index (χ1v) is 9.56. The minimum atomic E-state index is -1.14. The molecule has 1 aromatic rings. The molecule has 1 heterocycles. The largest absolute Gasteiger partial charge is 0.493 e. The summed E-state index contributed by atoms with van der Waals surface area (Å²) in [6.07, 6.45) is 0.573. The average Bonchev–Trinajstić information content (AvgIpc) is 3.54. The number of rotatable bonds is 8. The second-order valence-corrected chi connectivity index (χ2v) is 7.49. The molecule has 4 amide bonds. The summed E-state index contributed by atoms with van der Waals surface area (Å²) in [6, 6.07) is 4.17. The Labute approximate surface area is 173 Å². The number of methoxy groups -OCH3 is 2. The Morgan fingerprint density at radius 3 is 2.50 bits per heavy atom. The number of amides is 4. The van der Waals surface area contributed by atoms with Gasteiger partial charge in [0.25, 0.3) is 11.8 Å². The van der Waals surface area contributed by atoms with Crippen LogP contribution in [0.1, 0.15) is 26.7 Å². The number of nitrogens with zero attached hydrogens (tertiary/aromatic N) is 1. The highest BCUT2D eigenvalue weighted by atomic mass is 16.5. The lowest BCUT2D eigenvalue weighted by atomic mass is 9.96. The van der Waals surface area contributed by atoms with Gasteiger partial charge in [0.2, 0.25) is 0 Å². The van der Waals surface area contributed by atoms with Crippen molar-refractivity contribution in [1.29, 1.82) is 0 Å². The highest BCUT2D eigenvalue weighted by Crippen LogP contribution is 2.42. The van der Waals surface area contributed by atoms with E-state index in [1.165, 1.54) is 21.1 Å². The number of urea groups is 1. The third-order valence-electron chi connectivity index (χ3n) is 5.31. The number of carbonyl (C=O) groups is 4. The molecule has 2 fully saturated rings. The monoisotopic (exact) mass is 419 g/mol. The highest BCUT2D eigenvalue weighted by molar-refractivity contribution is 6.09. The van der Waals surface area contributed by atoms with Gasteiger partial charge in [0.15, 0.2) is 17.6 Å². The predicted molar refractivity (Wildman–Crippen MR) is 105 cm³/mol. The molecule has 0 aromatic heterocycles. The SMILES string of the molecule is COc1ccc(NC(=O)[C@@H](C)OC(=O)CN2C(=O)N[C@](C)(C3CC3)C2=O)cc1OC. The zero-order chi connectivity index (χ0) is 22.1. The molecular formula is C20H25N3O7. The van der Waals surface area contributed by atoms with Crippen LogP contribution in [-0.4, -0.2) is 61.1 Å². The van der Waals surface area contributed by atoms with Crippen molar-refractivity contribution < 1.29 is 33.4 Å². The number of nitrogens with one attached hydrogen (secondary N) is 2. The number of benzene rings is 1. The number of hydrogen-bond acceptors (Lipinski definition) is 7. The van der Waals surface area contributed by atoms with Crippen molar-refractivity contribution >= 4 is 29.5 Å². The topological polar surface area (TPSA) is 123 Å². The van der Waals surface area contributed by atoms with Crippen LogP contribution in [-0.2, 0) is 19.1 Å². The molecule has 2 atom stereocenters. The van der Waals surface area contributed by atoms with Gasteiger partial charge < -0.3 is 24.8 Å². The average molecular weight is 419 g/mol. The molecule has 0 radical (unpaired) electrons. The van der Waals surface area contributed by atoms with E-state index in [2.05, 4.69) is 10.6 Å². The molecule has 1 saturated heterocycles. The van der Waals surface area contributed by atoms with Crippen molar-refractivity contribution in [3.8, 4) is 11.5 Å². The Bertz CT molecular complexity index is 883. The molecule has 10 nitrogen and oxygen atoms in total. The summed E-state index contributed by atoms with van der Waals surface area (Å²) in [7, 11) is 2.97. The van der Waals surface area contributed by atoms with E-state index in [1.54, 1.807) is 25.1 Å². The quantitative estimate of drug-likeness (QED) is 0.481. The maximum atomic E-state index is 12.6. The molecule has 3 rings (SSSR count). The van der Waals surface area contributed by atoms with Crippen molar-refractivity contribution in [1.82, 2.24) is 10.2 Å². The summed E-state index contributed by atoms with van der Waals surface area (Å²) in [4.78, 5) is 50.1. The van der Waals surface area contributed by atoms with Crippen LogP contribution in [0.3, 0.4) is 0 Å². The first-order chi connectivity index (χ1) is 14.2. The van der Waals surface area contributed by atoms with E-state index >= 15 is 0 Å². The molecular weight excluding hydrogens is 394 g/mol. The van der Waals surface area contributed by atoms with Gasteiger partial charge in [-0.25, -0.2) is 4.79 Å². The molecule has 0 unspecified atom stereocenters. The number of hydrogen-bond donors (Lipinski definition) is 2. The van der Waals surface area contributed by atoms with Crippen LogP contribution in [0.5, 0.6) is 11.5 Å². The van der Waals surface area contributed by atoms with Gasteiger partial charge in [-0.15, -0.1) is 0 Å². The van der Waals surface area contributed by atoms with E-state index in [1.807, 2.05) is 0 Å². The van der Waals surface area contributed by atoms with Crippen molar-refractivity contribution in [3.05, 3.63) is 18.2 Å². The van der Waals surface area contributed by atoms with Gasteiger partial charge in [0, 0.05) is 11.8 Å². The van der Waals surface area contributed by atoms with Gasteiger partial charge in [-0.2, -0.15) is 0 Å². The summed E-state index contributed by atoms with van der Waals surface area (Å²) in [5, 5.41) is 5.26. The maximum absolute atomic E-state index is 12.6. The Kier molecular flexibility index (Phi) is 5.86. The minimum Gasteiger partial charge on any atom is -0.493 e. The van der Waals surface area contributed by atoms with Crippen LogP contribution in [0.25, 0.3) is 0 Å². The second-order valence-electron chi connectivity index (χ2n) is 7.49. The zero-order valence-corrected chi connectivity index (χ0v) is 17.3. The fourth-order valence-electron chi connectivity index (χ4n) is 3.37. The van der Waals surface area contributed by atoms with Crippen LogP contribution < -0.4 is 20.1 Å². The van der Waals surface area contributed by atoms with Crippen LogP contribution in [0, 0.1) is 5.92 Å². The van der Waals surface area contributed by atoms with Crippen molar-refractivity contribution in [3.63, 3.8) is 0 Å². The van der Waals surface area contributed by atoms with Gasteiger partial charge in [-0.1, -0.05) is 0 Å². The molecule has 1 aromatic carbocycles. The van der Waals surface area contributed by atoms with Crippen LogP contribution in [0.2, 0.25) is 0 Å². The lowest BCUT2D eigenvalue weighted by molar-refractivity contribution is -0.155. The van der Waals surface area contributed by atoms with Crippen molar-refractivity contribution in [2.75, 3.05) is 26.1 Å². The van der Waals surface area contributed by atoms with E-state index in [0.717, 1.165) is 17.7 Å². The van der Waals surface area contributed by atoms with E-state index in [-0.39, 0.29) is 5.92 Å². The first kappa shape index (κ1) is 21.4. The van der Waals surface area contributed by atoms with Crippen LogP contribution >= 0.6 is 0 Å². The van der Waals surface area contributed by atoms with Crippen molar-refractivity contribution in [2.24, 2.45) is 5.92 Å². The number of anilines is 1. The lowest BCUT2D eigenvalue weighted by Gasteiger charge is -2.21. The third-order valence-corrected chi connectivity index (χ3v) is 5.31. The standard InChI is InChI=1S/C20H25N3O7/c1-11(17(25)21-13-7-8-14(28-3)15(9-13)29-4)30-16(24)10-23-18(26)20(2,12-5-6-12)22-19(23)27/h7-9,11-12H,5-6,10H2,1-4H3,(H,21,25)(H,22,27)/t11-,20-/m1/s1. The maximum Gasteiger partial charge on any atom is 0.327 e. The molecule has 1 aliphatic heterocycles. The van der Waals surface area contributed by atoms with Gasteiger partial charge in [0.1, 0.15) is 12.1 Å². The minimum absolute atomic E-state index is 0.0844. The van der Waals surface area contributed by atoms with Gasteiger partial charge in [-0.3, -0.25) is 19.3 Å². The summed E-state index contributed by atoms with van der Waals surface area (Å²) in [5.41, 5.74) is -0.553. The fraction of sp³-hybridized carbons (Fsp3) is 0.500. The lowest BCUT2D eigenvalue weighted by Crippen LogP contribution is -2.46. The van der Waals surface area contributed by atoms with E-state index in [0.29, 0.717) is 17.2 Å².